The number of rotatable bonds is 5. The van der Waals surface area contributed by atoms with Gasteiger partial charge in [0.1, 0.15) is 0 Å². The van der Waals surface area contributed by atoms with Crippen LogP contribution < -0.4 is 5.32 Å². The van der Waals surface area contributed by atoms with Gasteiger partial charge in [-0.25, -0.2) is 0 Å². The molecule has 0 spiro atoms. The van der Waals surface area contributed by atoms with Gasteiger partial charge in [0.15, 0.2) is 0 Å². The molecule has 1 aromatic heterocycles. The Labute approximate surface area is 107 Å². The number of aromatic nitrogens is 1. The highest BCUT2D eigenvalue weighted by Gasteiger charge is 2.11. The first-order valence-electron chi connectivity index (χ1n) is 5.97. The van der Waals surface area contributed by atoms with Gasteiger partial charge in [-0.2, -0.15) is 0 Å². The highest BCUT2D eigenvalue weighted by atomic mass is 32.1. The van der Waals surface area contributed by atoms with Crippen molar-refractivity contribution in [3.05, 3.63) is 52.0 Å². The summed E-state index contributed by atoms with van der Waals surface area (Å²) in [7, 11) is 2.00. The second kappa shape index (κ2) is 5.94. The Hall–Kier alpha value is -1.19. The van der Waals surface area contributed by atoms with E-state index in [0.717, 1.165) is 12.8 Å². The first-order valence-corrected chi connectivity index (χ1v) is 6.85. The van der Waals surface area contributed by atoms with Gasteiger partial charge in [0.05, 0.1) is 5.51 Å². The molecule has 0 saturated carbocycles. The summed E-state index contributed by atoms with van der Waals surface area (Å²) >= 11 is 1.71. The molecule has 3 heteroatoms. The summed E-state index contributed by atoms with van der Waals surface area (Å²) in [6.45, 7) is 2.18. The van der Waals surface area contributed by atoms with Crippen molar-refractivity contribution in [2.45, 2.75) is 25.8 Å². The molecule has 2 aromatic rings. The number of nitrogens with zero attached hydrogens (tertiary/aromatic N) is 1. The summed E-state index contributed by atoms with van der Waals surface area (Å²) in [5.74, 6) is 0. The SMILES string of the molecule is CCc1ccc(CC(NC)c2cncs2)cc1. The number of thiazole rings is 1. The van der Waals surface area contributed by atoms with Crippen molar-refractivity contribution < 1.29 is 0 Å². The van der Waals surface area contributed by atoms with Gasteiger partial charge in [0.2, 0.25) is 0 Å². The van der Waals surface area contributed by atoms with E-state index in [1.165, 1.54) is 16.0 Å². The lowest BCUT2D eigenvalue weighted by Gasteiger charge is -2.14. The van der Waals surface area contributed by atoms with E-state index in [9.17, 15) is 0 Å². The van der Waals surface area contributed by atoms with Crippen molar-refractivity contribution in [1.82, 2.24) is 10.3 Å². The quantitative estimate of drug-likeness (QED) is 0.876. The third-order valence-electron chi connectivity index (χ3n) is 3.01. The van der Waals surface area contributed by atoms with Crippen LogP contribution in [0.25, 0.3) is 0 Å². The summed E-state index contributed by atoms with van der Waals surface area (Å²) < 4.78 is 0. The molecule has 1 N–H and O–H groups in total. The van der Waals surface area contributed by atoms with Crippen LogP contribution >= 0.6 is 11.3 Å². The standard InChI is InChI=1S/C14H18N2S/c1-3-11-4-6-12(7-5-11)8-13(15-2)14-9-16-10-17-14/h4-7,9-10,13,15H,3,8H2,1-2H3. The highest BCUT2D eigenvalue weighted by molar-refractivity contribution is 7.09. The molecule has 2 nitrogen and oxygen atoms in total. The maximum absolute atomic E-state index is 4.14. The summed E-state index contributed by atoms with van der Waals surface area (Å²) in [6, 6.07) is 9.26. The predicted octanol–water partition coefficient (Wildman–Crippen LogP) is 3.21. The summed E-state index contributed by atoms with van der Waals surface area (Å²) in [5.41, 5.74) is 4.65. The fraction of sp³-hybridized carbons (Fsp3) is 0.357. The number of nitrogens with one attached hydrogen (secondary N) is 1. The van der Waals surface area contributed by atoms with E-state index < -0.39 is 0 Å². The monoisotopic (exact) mass is 246 g/mol. The smallest absolute Gasteiger partial charge is 0.0794 e. The minimum atomic E-state index is 0.370. The van der Waals surface area contributed by atoms with Crippen LogP contribution in [0.4, 0.5) is 0 Å². The molecule has 1 aromatic carbocycles. The summed E-state index contributed by atoms with van der Waals surface area (Å²) in [6.07, 6.45) is 4.07. The van der Waals surface area contributed by atoms with Crippen LogP contribution in [-0.2, 0) is 12.8 Å². The van der Waals surface area contributed by atoms with Crippen molar-refractivity contribution in [3.63, 3.8) is 0 Å². The van der Waals surface area contributed by atoms with Crippen LogP contribution in [0.3, 0.4) is 0 Å². The molecule has 0 aliphatic heterocycles. The van der Waals surface area contributed by atoms with Crippen molar-refractivity contribution in [1.29, 1.82) is 0 Å². The van der Waals surface area contributed by atoms with E-state index in [1.807, 2.05) is 18.8 Å². The highest BCUT2D eigenvalue weighted by Crippen LogP contribution is 2.21. The maximum atomic E-state index is 4.14. The largest absolute Gasteiger partial charge is 0.312 e. The Morgan fingerprint density at radius 1 is 1.24 bits per heavy atom. The van der Waals surface area contributed by atoms with Crippen LogP contribution in [-0.4, -0.2) is 12.0 Å². The van der Waals surface area contributed by atoms with Crippen LogP contribution in [0.15, 0.2) is 36.0 Å². The van der Waals surface area contributed by atoms with Gasteiger partial charge in [-0.15, -0.1) is 11.3 Å². The lowest BCUT2D eigenvalue weighted by Crippen LogP contribution is -2.17. The predicted molar refractivity (Wildman–Crippen MR) is 73.4 cm³/mol. The molecular weight excluding hydrogens is 228 g/mol. The average molecular weight is 246 g/mol. The van der Waals surface area contributed by atoms with Crippen molar-refractivity contribution >= 4 is 11.3 Å². The zero-order chi connectivity index (χ0) is 12.1. The van der Waals surface area contributed by atoms with Crippen LogP contribution in [0, 0.1) is 0 Å². The van der Waals surface area contributed by atoms with Gasteiger partial charge < -0.3 is 5.32 Å². The van der Waals surface area contributed by atoms with E-state index in [4.69, 9.17) is 0 Å². The number of benzene rings is 1. The lowest BCUT2D eigenvalue weighted by atomic mass is 10.0. The molecule has 1 atom stereocenters. The number of hydrogen-bond donors (Lipinski definition) is 1. The summed E-state index contributed by atoms with van der Waals surface area (Å²) in [5, 5.41) is 3.35. The first kappa shape index (κ1) is 12.3. The maximum Gasteiger partial charge on any atom is 0.0794 e. The number of hydrogen-bond acceptors (Lipinski definition) is 3. The van der Waals surface area contributed by atoms with E-state index >= 15 is 0 Å². The Bertz CT molecular complexity index is 434. The van der Waals surface area contributed by atoms with E-state index in [2.05, 4.69) is 41.5 Å². The van der Waals surface area contributed by atoms with Crippen molar-refractivity contribution in [2.75, 3.05) is 7.05 Å². The van der Waals surface area contributed by atoms with Gasteiger partial charge in [0.25, 0.3) is 0 Å². The molecule has 0 saturated heterocycles. The molecule has 17 heavy (non-hydrogen) atoms. The Kier molecular flexibility index (Phi) is 4.29. The fourth-order valence-corrected chi connectivity index (χ4v) is 2.62. The van der Waals surface area contributed by atoms with Gasteiger partial charge in [-0.3, -0.25) is 4.98 Å². The topological polar surface area (TPSA) is 24.9 Å². The summed E-state index contributed by atoms with van der Waals surface area (Å²) in [4.78, 5) is 5.44. The minimum absolute atomic E-state index is 0.370. The Balaban J connectivity index is 2.07. The van der Waals surface area contributed by atoms with Crippen LogP contribution in [0.2, 0.25) is 0 Å². The zero-order valence-electron chi connectivity index (χ0n) is 10.3. The van der Waals surface area contributed by atoms with E-state index in [-0.39, 0.29) is 0 Å². The number of likely N-dealkylation sites (N-methyl/N-ethyl adjacent to an activating group) is 1. The average Bonchev–Trinajstić information content (AvgIpc) is 2.90. The molecule has 0 amide bonds. The van der Waals surface area contributed by atoms with Gasteiger partial charge in [-0.1, -0.05) is 31.2 Å². The molecule has 1 heterocycles. The molecule has 0 aliphatic carbocycles. The zero-order valence-corrected chi connectivity index (χ0v) is 11.1. The molecule has 2 rings (SSSR count). The fourth-order valence-electron chi connectivity index (χ4n) is 1.89. The van der Waals surface area contributed by atoms with Gasteiger partial charge in [0, 0.05) is 17.1 Å². The molecule has 0 aliphatic rings. The second-order valence-corrected chi connectivity index (χ2v) is 5.04. The van der Waals surface area contributed by atoms with Crippen molar-refractivity contribution in [2.24, 2.45) is 0 Å². The molecular formula is C14H18N2S. The third kappa shape index (κ3) is 3.14. The number of aryl methyl sites for hydroxylation is 1. The molecule has 90 valence electrons. The minimum Gasteiger partial charge on any atom is -0.312 e. The second-order valence-electron chi connectivity index (χ2n) is 4.12. The van der Waals surface area contributed by atoms with Crippen LogP contribution in [0.1, 0.15) is 29.0 Å². The molecule has 0 radical (unpaired) electrons. The molecule has 1 unspecified atom stereocenters. The van der Waals surface area contributed by atoms with Crippen LogP contribution in [0.5, 0.6) is 0 Å². The van der Waals surface area contributed by atoms with E-state index in [0.29, 0.717) is 6.04 Å². The lowest BCUT2D eigenvalue weighted by molar-refractivity contribution is 0.601. The normalized spacial score (nSPS) is 12.6. The van der Waals surface area contributed by atoms with Gasteiger partial charge >= 0.3 is 0 Å². The Morgan fingerprint density at radius 2 is 1.94 bits per heavy atom. The molecule has 0 bridgehead atoms. The third-order valence-corrected chi connectivity index (χ3v) is 3.90. The van der Waals surface area contributed by atoms with Gasteiger partial charge in [-0.05, 0) is 31.0 Å². The Morgan fingerprint density at radius 3 is 2.47 bits per heavy atom. The van der Waals surface area contributed by atoms with E-state index in [1.54, 1.807) is 11.3 Å². The first-order chi connectivity index (χ1) is 8.33. The van der Waals surface area contributed by atoms with Crippen molar-refractivity contribution in [3.8, 4) is 0 Å². The molecule has 0 fully saturated rings.